The van der Waals surface area contributed by atoms with Gasteiger partial charge in [0.25, 0.3) is 5.56 Å². The predicted octanol–water partition coefficient (Wildman–Crippen LogP) is 2.22. The van der Waals surface area contributed by atoms with Gasteiger partial charge < -0.3 is 10.6 Å². The van der Waals surface area contributed by atoms with E-state index in [1.54, 1.807) is 24.3 Å². The van der Waals surface area contributed by atoms with Gasteiger partial charge in [0.05, 0.1) is 5.56 Å². The van der Waals surface area contributed by atoms with Crippen LogP contribution in [0.15, 0.2) is 45.1 Å². The first-order chi connectivity index (χ1) is 13.6. The number of benzene rings is 1. The van der Waals surface area contributed by atoms with Gasteiger partial charge in [0.2, 0.25) is 5.91 Å². The number of aromatic amines is 2. The molecule has 0 radical (unpaired) electrons. The van der Waals surface area contributed by atoms with Gasteiger partial charge in [-0.05, 0) is 29.5 Å². The first kappa shape index (κ1) is 18.9. The van der Waals surface area contributed by atoms with Crippen molar-refractivity contribution in [1.82, 2.24) is 9.97 Å². The summed E-state index contributed by atoms with van der Waals surface area (Å²) in [5.74, 6) is -0.486. The molecule has 4 rings (SSSR count). The molecule has 1 aromatic carbocycles. The van der Waals surface area contributed by atoms with Gasteiger partial charge in [-0.3, -0.25) is 24.4 Å². The highest BCUT2D eigenvalue weighted by Crippen LogP contribution is 2.47. The molecule has 1 aromatic heterocycles. The Balaban J connectivity index is 1.91. The molecule has 4 N–H and O–H groups in total. The molecule has 1 aliphatic carbocycles. The maximum atomic E-state index is 13.1. The third kappa shape index (κ3) is 3.41. The van der Waals surface area contributed by atoms with Crippen molar-refractivity contribution in [3.63, 3.8) is 0 Å². The summed E-state index contributed by atoms with van der Waals surface area (Å²) in [5, 5.41) is 5.83. The number of carbonyl (C=O) groups excluding carboxylic acids is 2. The Morgan fingerprint density at radius 1 is 1.07 bits per heavy atom. The molecular weight excluding hydrogens is 372 g/mol. The molecule has 150 valence electrons. The Morgan fingerprint density at radius 2 is 1.76 bits per heavy atom. The third-order valence-corrected chi connectivity index (χ3v) is 5.32. The van der Waals surface area contributed by atoms with Crippen molar-refractivity contribution in [3.05, 3.63) is 67.5 Å². The van der Waals surface area contributed by atoms with Crippen molar-refractivity contribution in [3.8, 4) is 0 Å². The van der Waals surface area contributed by atoms with Crippen LogP contribution in [0.25, 0.3) is 0 Å². The molecule has 1 atom stereocenters. The summed E-state index contributed by atoms with van der Waals surface area (Å²) in [6.45, 7) is 5.46. The minimum Gasteiger partial charge on any atom is -0.344 e. The van der Waals surface area contributed by atoms with Gasteiger partial charge in [-0.25, -0.2) is 4.79 Å². The SMILES string of the molecule is CC(=O)Nc1ccc(C2C3=C(CC(C)(C)CC3=O)Nc3[nH]c(=O)[nH]c(=O)c32)cc1. The maximum absolute atomic E-state index is 13.1. The fourth-order valence-electron chi connectivity index (χ4n) is 4.24. The lowest BCUT2D eigenvalue weighted by Crippen LogP contribution is -2.38. The molecular formula is C21H22N4O4. The van der Waals surface area contributed by atoms with E-state index in [-0.39, 0.29) is 17.1 Å². The second-order valence-electron chi connectivity index (χ2n) is 8.39. The number of rotatable bonds is 2. The van der Waals surface area contributed by atoms with Crippen LogP contribution in [0.2, 0.25) is 0 Å². The second-order valence-corrected chi connectivity index (χ2v) is 8.39. The lowest BCUT2D eigenvalue weighted by molar-refractivity contribution is -0.118. The number of hydrogen-bond acceptors (Lipinski definition) is 5. The average molecular weight is 394 g/mol. The van der Waals surface area contributed by atoms with Crippen LogP contribution in [-0.4, -0.2) is 21.7 Å². The zero-order valence-corrected chi connectivity index (χ0v) is 16.4. The number of H-pyrrole nitrogens is 2. The quantitative estimate of drug-likeness (QED) is 0.622. The van der Waals surface area contributed by atoms with Crippen molar-refractivity contribution in [2.45, 2.75) is 39.5 Å². The molecule has 0 spiro atoms. The maximum Gasteiger partial charge on any atom is 0.327 e. The molecule has 2 aromatic rings. The van der Waals surface area contributed by atoms with Gasteiger partial charge in [0.15, 0.2) is 5.78 Å². The zero-order valence-electron chi connectivity index (χ0n) is 16.4. The molecule has 2 aliphatic rings. The molecule has 1 aliphatic heterocycles. The molecule has 0 bridgehead atoms. The summed E-state index contributed by atoms with van der Waals surface area (Å²) in [4.78, 5) is 53.8. The molecule has 8 nitrogen and oxygen atoms in total. The van der Waals surface area contributed by atoms with E-state index in [9.17, 15) is 19.2 Å². The van der Waals surface area contributed by atoms with Crippen molar-refractivity contribution in [1.29, 1.82) is 0 Å². The van der Waals surface area contributed by atoms with E-state index in [1.165, 1.54) is 6.92 Å². The summed E-state index contributed by atoms with van der Waals surface area (Å²) in [6.07, 6.45) is 1.01. The zero-order chi connectivity index (χ0) is 20.9. The average Bonchev–Trinajstić information content (AvgIpc) is 2.58. The second kappa shape index (κ2) is 6.58. The smallest absolute Gasteiger partial charge is 0.327 e. The highest BCUT2D eigenvalue weighted by atomic mass is 16.2. The van der Waals surface area contributed by atoms with E-state index in [0.29, 0.717) is 35.5 Å². The van der Waals surface area contributed by atoms with Crippen molar-refractivity contribution in [2.24, 2.45) is 5.41 Å². The third-order valence-electron chi connectivity index (χ3n) is 5.32. The van der Waals surface area contributed by atoms with Crippen LogP contribution in [0, 0.1) is 5.41 Å². The van der Waals surface area contributed by atoms with E-state index in [2.05, 4.69) is 20.6 Å². The summed E-state index contributed by atoms with van der Waals surface area (Å²) in [7, 11) is 0. The number of Topliss-reactive ketones (excluding diaryl/α,β-unsaturated/α-hetero) is 1. The molecule has 8 heteroatoms. The molecule has 29 heavy (non-hydrogen) atoms. The molecule has 0 saturated heterocycles. The largest absolute Gasteiger partial charge is 0.344 e. The van der Waals surface area contributed by atoms with E-state index in [4.69, 9.17) is 0 Å². The van der Waals surface area contributed by atoms with E-state index in [0.717, 1.165) is 11.3 Å². The number of fused-ring (bicyclic) bond motifs is 1. The van der Waals surface area contributed by atoms with Crippen molar-refractivity contribution < 1.29 is 9.59 Å². The number of ketones is 1. The van der Waals surface area contributed by atoms with Gasteiger partial charge in [0.1, 0.15) is 5.82 Å². The van der Waals surface area contributed by atoms with Crippen LogP contribution in [0.3, 0.4) is 0 Å². The van der Waals surface area contributed by atoms with E-state index < -0.39 is 17.2 Å². The Kier molecular flexibility index (Phi) is 4.29. The molecule has 1 unspecified atom stereocenters. The topological polar surface area (TPSA) is 124 Å². The fourth-order valence-corrected chi connectivity index (χ4v) is 4.24. The Hall–Kier alpha value is -3.42. The molecule has 0 fully saturated rings. The van der Waals surface area contributed by atoms with Crippen LogP contribution < -0.4 is 21.9 Å². The lowest BCUT2D eigenvalue weighted by Gasteiger charge is -2.38. The highest BCUT2D eigenvalue weighted by molar-refractivity contribution is 6.01. The molecule has 1 amide bonds. The number of allylic oxidation sites excluding steroid dienone is 2. The number of hydrogen-bond donors (Lipinski definition) is 4. The fraction of sp³-hybridized carbons (Fsp3) is 0.333. The van der Waals surface area contributed by atoms with E-state index >= 15 is 0 Å². The van der Waals surface area contributed by atoms with Crippen LogP contribution in [0.1, 0.15) is 50.7 Å². The van der Waals surface area contributed by atoms with Gasteiger partial charge in [0, 0.05) is 36.2 Å². The van der Waals surface area contributed by atoms with Gasteiger partial charge in [-0.2, -0.15) is 0 Å². The monoisotopic (exact) mass is 394 g/mol. The summed E-state index contributed by atoms with van der Waals surface area (Å²) in [5.41, 5.74) is 1.60. The van der Waals surface area contributed by atoms with Gasteiger partial charge in [-0.1, -0.05) is 26.0 Å². The Labute approximate surface area is 166 Å². The van der Waals surface area contributed by atoms with Gasteiger partial charge >= 0.3 is 5.69 Å². The molecule has 2 heterocycles. The van der Waals surface area contributed by atoms with Crippen molar-refractivity contribution in [2.75, 3.05) is 10.6 Å². The number of anilines is 2. The number of nitrogens with one attached hydrogen (secondary N) is 4. The summed E-state index contributed by atoms with van der Waals surface area (Å²) < 4.78 is 0. The summed E-state index contributed by atoms with van der Waals surface area (Å²) in [6, 6.07) is 7.03. The first-order valence-corrected chi connectivity index (χ1v) is 9.42. The number of aromatic nitrogens is 2. The highest BCUT2D eigenvalue weighted by Gasteiger charge is 2.42. The minimum absolute atomic E-state index is 0.0177. The minimum atomic E-state index is -0.605. The standard InChI is InChI=1S/C21H22N4O4/c1-10(26)22-12-6-4-11(5-7-12)15-16-13(8-21(2,3)9-14(16)27)23-18-17(15)19(28)25-20(29)24-18/h4-7,15H,8-9H2,1-3H3,(H,22,26)(H3,23,24,25,28,29). The van der Waals surface area contributed by atoms with Crippen LogP contribution >= 0.6 is 0 Å². The first-order valence-electron chi connectivity index (χ1n) is 9.42. The number of carbonyl (C=O) groups is 2. The predicted molar refractivity (Wildman–Crippen MR) is 109 cm³/mol. The Bertz CT molecular complexity index is 1170. The normalized spacial score (nSPS) is 19.8. The van der Waals surface area contributed by atoms with Crippen molar-refractivity contribution >= 4 is 23.2 Å². The number of amides is 1. The lowest BCUT2D eigenvalue weighted by atomic mass is 9.69. The van der Waals surface area contributed by atoms with E-state index in [1.807, 2.05) is 13.8 Å². The summed E-state index contributed by atoms with van der Waals surface area (Å²) >= 11 is 0. The van der Waals surface area contributed by atoms with Crippen LogP contribution in [0.4, 0.5) is 11.5 Å². The van der Waals surface area contributed by atoms with Crippen LogP contribution in [0.5, 0.6) is 0 Å². The van der Waals surface area contributed by atoms with Gasteiger partial charge in [-0.15, -0.1) is 0 Å². The van der Waals surface area contributed by atoms with Crippen LogP contribution in [-0.2, 0) is 9.59 Å². The Morgan fingerprint density at radius 3 is 2.41 bits per heavy atom. The molecule has 0 saturated carbocycles.